The van der Waals surface area contributed by atoms with Crippen LogP contribution in [0.2, 0.25) is 0 Å². The summed E-state index contributed by atoms with van der Waals surface area (Å²) in [7, 11) is 0. The highest BCUT2D eigenvalue weighted by atomic mass is 16.3. The Morgan fingerprint density at radius 2 is 1.88 bits per heavy atom. The second-order valence-corrected chi connectivity index (χ2v) is 1.47. The molecule has 1 aromatic rings. The first kappa shape index (κ1) is 4.83. The van der Waals surface area contributed by atoms with Crippen LogP contribution in [0.5, 0.6) is 0 Å². The van der Waals surface area contributed by atoms with Crippen molar-refractivity contribution in [2.75, 3.05) is 17.2 Å². The van der Waals surface area contributed by atoms with E-state index in [9.17, 15) is 0 Å². The third kappa shape index (κ3) is 0.465. The predicted octanol–water partition coefficient (Wildman–Crippen LogP) is 0.0262. The average molecular weight is 113 g/mol. The molecule has 0 saturated heterocycles. The largest absolute Gasteiger partial charge is 0.445 e. The Labute approximate surface area is 46.2 Å². The Kier molecular flexibility index (Phi) is 0.802. The molecule has 0 amide bonds. The van der Waals surface area contributed by atoms with Crippen molar-refractivity contribution in [3.05, 3.63) is 6.26 Å². The zero-order chi connectivity index (χ0) is 6.15. The quantitative estimate of drug-likeness (QED) is 0.442. The Bertz CT molecular complexity index is 174. The van der Waals surface area contributed by atoms with E-state index >= 15 is 0 Å². The predicted molar refractivity (Wildman–Crippen MR) is 31.9 cm³/mol. The van der Waals surface area contributed by atoms with Crippen molar-refractivity contribution in [1.82, 2.24) is 0 Å². The van der Waals surface area contributed by atoms with Gasteiger partial charge in [0.1, 0.15) is 12.0 Å². The summed E-state index contributed by atoms with van der Waals surface area (Å²) >= 11 is 0. The zero-order valence-corrected chi connectivity index (χ0v) is 4.22. The Morgan fingerprint density at radius 3 is 2.00 bits per heavy atom. The minimum absolute atomic E-state index is 0.183. The molecule has 0 aromatic carbocycles. The monoisotopic (exact) mass is 113 g/mol. The summed E-state index contributed by atoms with van der Waals surface area (Å²) in [5.74, 6) is 0.183. The van der Waals surface area contributed by atoms with Crippen molar-refractivity contribution in [3.8, 4) is 0 Å². The highest BCUT2D eigenvalue weighted by Gasteiger charge is 2.00. The van der Waals surface area contributed by atoms with Gasteiger partial charge in [0, 0.05) is 0 Å². The number of hydrogen-bond acceptors (Lipinski definition) is 4. The van der Waals surface area contributed by atoms with Crippen molar-refractivity contribution < 1.29 is 4.42 Å². The van der Waals surface area contributed by atoms with E-state index in [-0.39, 0.29) is 5.88 Å². The van der Waals surface area contributed by atoms with E-state index in [2.05, 4.69) is 4.42 Å². The molecule has 0 saturated carbocycles. The van der Waals surface area contributed by atoms with Gasteiger partial charge >= 0.3 is 0 Å². The van der Waals surface area contributed by atoms with Gasteiger partial charge in [-0.25, -0.2) is 0 Å². The summed E-state index contributed by atoms with van der Waals surface area (Å²) in [6.45, 7) is 0. The lowest BCUT2D eigenvalue weighted by atomic mass is 10.4. The number of rotatable bonds is 0. The van der Waals surface area contributed by atoms with Crippen LogP contribution in [0.3, 0.4) is 0 Å². The molecular weight excluding hydrogens is 106 g/mol. The third-order valence-corrected chi connectivity index (χ3v) is 0.889. The fourth-order valence-electron chi connectivity index (χ4n) is 0.396. The standard InChI is InChI=1S/C4H7N3O/c5-2-1-8-4(7)3(2)6/h1H,5-7H2. The topological polar surface area (TPSA) is 91.2 Å². The van der Waals surface area contributed by atoms with Crippen molar-refractivity contribution in [1.29, 1.82) is 0 Å². The minimum Gasteiger partial charge on any atom is -0.445 e. The molecule has 0 aliphatic carbocycles. The first-order valence-corrected chi connectivity index (χ1v) is 2.09. The average Bonchev–Trinajstić information content (AvgIpc) is 1.98. The van der Waals surface area contributed by atoms with E-state index in [4.69, 9.17) is 17.2 Å². The van der Waals surface area contributed by atoms with E-state index in [0.29, 0.717) is 11.4 Å². The molecule has 0 fully saturated rings. The molecule has 0 unspecified atom stereocenters. The first-order valence-electron chi connectivity index (χ1n) is 2.09. The molecule has 8 heavy (non-hydrogen) atoms. The van der Waals surface area contributed by atoms with Gasteiger partial charge in [0.05, 0.1) is 5.69 Å². The molecule has 4 heteroatoms. The van der Waals surface area contributed by atoms with Crippen molar-refractivity contribution in [2.45, 2.75) is 0 Å². The fourth-order valence-corrected chi connectivity index (χ4v) is 0.396. The highest BCUT2D eigenvalue weighted by Crippen LogP contribution is 2.23. The van der Waals surface area contributed by atoms with Crippen LogP contribution in [0.15, 0.2) is 10.7 Å². The molecule has 1 heterocycles. The third-order valence-electron chi connectivity index (χ3n) is 0.889. The van der Waals surface area contributed by atoms with Crippen LogP contribution >= 0.6 is 0 Å². The van der Waals surface area contributed by atoms with Gasteiger partial charge < -0.3 is 21.6 Å². The van der Waals surface area contributed by atoms with E-state index in [0.717, 1.165) is 0 Å². The molecule has 0 bridgehead atoms. The maximum absolute atomic E-state index is 5.26. The molecule has 0 radical (unpaired) electrons. The second kappa shape index (κ2) is 1.33. The van der Waals surface area contributed by atoms with Gasteiger partial charge in [0.25, 0.3) is 0 Å². The van der Waals surface area contributed by atoms with E-state index in [1.54, 1.807) is 0 Å². The van der Waals surface area contributed by atoms with Crippen LogP contribution in [0.1, 0.15) is 0 Å². The van der Waals surface area contributed by atoms with E-state index in [1.807, 2.05) is 0 Å². The molecule has 1 aromatic heterocycles. The summed E-state index contributed by atoms with van der Waals surface area (Å²) in [5, 5.41) is 0. The molecular formula is C4H7N3O. The number of nitrogen functional groups attached to an aromatic ring is 3. The van der Waals surface area contributed by atoms with Crippen LogP contribution in [-0.4, -0.2) is 0 Å². The second-order valence-electron chi connectivity index (χ2n) is 1.47. The Hall–Kier alpha value is -1.32. The van der Waals surface area contributed by atoms with Crippen LogP contribution in [0.4, 0.5) is 17.3 Å². The fraction of sp³-hybridized carbons (Fsp3) is 0. The molecule has 0 aliphatic rings. The van der Waals surface area contributed by atoms with E-state index in [1.165, 1.54) is 6.26 Å². The molecule has 0 atom stereocenters. The van der Waals surface area contributed by atoms with Gasteiger partial charge in [0.15, 0.2) is 0 Å². The smallest absolute Gasteiger partial charge is 0.215 e. The summed E-state index contributed by atoms with van der Waals surface area (Å²) in [5.41, 5.74) is 16.4. The lowest BCUT2D eigenvalue weighted by molar-refractivity contribution is 0.589. The Balaban J connectivity index is 3.19. The summed E-state index contributed by atoms with van der Waals surface area (Å²) < 4.78 is 4.62. The molecule has 4 nitrogen and oxygen atoms in total. The van der Waals surface area contributed by atoms with Crippen molar-refractivity contribution >= 4 is 17.3 Å². The van der Waals surface area contributed by atoms with Gasteiger partial charge in [-0.2, -0.15) is 0 Å². The van der Waals surface area contributed by atoms with Crippen LogP contribution in [-0.2, 0) is 0 Å². The molecule has 1 rings (SSSR count). The van der Waals surface area contributed by atoms with Gasteiger partial charge in [-0.3, -0.25) is 0 Å². The van der Waals surface area contributed by atoms with Gasteiger partial charge in [-0.15, -0.1) is 0 Å². The lowest BCUT2D eigenvalue weighted by Crippen LogP contribution is -1.93. The maximum Gasteiger partial charge on any atom is 0.215 e. The zero-order valence-electron chi connectivity index (χ0n) is 4.22. The number of anilines is 3. The van der Waals surface area contributed by atoms with Crippen LogP contribution in [0, 0.1) is 0 Å². The summed E-state index contributed by atoms with van der Waals surface area (Å²) in [6.07, 6.45) is 1.31. The number of nitrogens with two attached hydrogens (primary N) is 3. The SMILES string of the molecule is Nc1coc(N)c1N. The van der Waals surface area contributed by atoms with Crippen LogP contribution < -0.4 is 17.2 Å². The van der Waals surface area contributed by atoms with Gasteiger partial charge in [0.2, 0.25) is 5.88 Å². The van der Waals surface area contributed by atoms with Crippen LogP contribution in [0.25, 0.3) is 0 Å². The Morgan fingerprint density at radius 1 is 1.25 bits per heavy atom. The summed E-state index contributed by atoms with van der Waals surface area (Å²) in [4.78, 5) is 0. The molecule has 0 spiro atoms. The normalized spacial score (nSPS) is 9.50. The summed E-state index contributed by atoms with van der Waals surface area (Å²) in [6, 6.07) is 0. The van der Waals surface area contributed by atoms with Crippen molar-refractivity contribution in [2.24, 2.45) is 0 Å². The molecule has 0 aliphatic heterocycles. The van der Waals surface area contributed by atoms with E-state index < -0.39 is 0 Å². The van der Waals surface area contributed by atoms with Gasteiger partial charge in [-0.05, 0) is 0 Å². The maximum atomic E-state index is 5.26. The molecule has 6 N–H and O–H groups in total. The highest BCUT2D eigenvalue weighted by molar-refractivity contribution is 5.72. The molecule has 44 valence electrons. The number of hydrogen-bond donors (Lipinski definition) is 3. The van der Waals surface area contributed by atoms with Crippen molar-refractivity contribution in [3.63, 3.8) is 0 Å². The number of furan rings is 1. The first-order chi connectivity index (χ1) is 3.72. The van der Waals surface area contributed by atoms with Gasteiger partial charge in [-0.1, -0.05) is 0 Å². The minimum atomic E-state index is 0.183. The lowest BCUT2D eigenvalue weighted by Gasteiger charge is -1.85.